The minimum Gasteiger partial charge on any atom is -0.482 e. The predicted octanol–water partition coefficient (Wildman–Crippen LogP) is 5.39. The molecule has 3 nitrogen and oxygen atoms in total. The first-order chi connectivity index (χ1) is 10.4. The lowest BCUT2D eigenvalue weighted by Crippen LogP contribution is -2.20. The lowest BCUT2D eigenvalue weighted by molar-refractivity contribution is -0.118. The number of aryl methyl sites for hydroxylation is 2. The van der Waals surface area contributed by atoms with Crippen LogP contribution in [0.3, 0.4) is 0 Å². The number of carbonyl (C=O) groups is 1. The summed E-state index contributed by atoms with van der Waals surface area (Å²) < 4.78 is 6.49. The van der Waals surface area contributed by atoms with Crippen LogP contribution in [0.25, 0.3) is 0 Å². The minimum atomic E-state index is -0.257. The zero-order chi connectivity index (χ0) is 16.3. The molecule has 0 fully saturated rings. The van der Waals surface area contributed by atoms with E-state index in [-0.39, 0.29) is 12.5 Å². The number of halogens is 3. The van der Waals surface area contributed by atoms with E-state index in [4.69, 9.17) is 27.9 Å². The van der Waals surface area contributed by atoms with Crippen LogP contribution < -0.4 is 10.1 Å². The second-order valence-electron chi connectivity index (χ2n) is 4.83. The molecule has 0 atom stereocenters. The van der Waals surface area contributed by atoms with E-state index in [1.54, 1.807) is 12.1 Å². The quantitative estimate of drug-likeness (QED) is 0.744. The summed E-state index contributed by atoms with van der Waals surface area (Å²) in [6, 6.07) is 8.89. The molecule has 2 aromatic carbocycles. The molecule has 0 saturated carbocycles. The maximum absolute atomic E-state index is 12.0. The molecular weight excluding hydrogens is 389 g/mol. The summed E-state index contributed by atoms with van der Waals surface area (Å²) in [4.78, 5) is 12.0. The van der Waals surface area contributed by atoms with E-state index in [0.29, 0.717) is 21.5 Å². The van der Waals surface area contributed by atoms with Crippen LogP contribution in [-0.4, -0.2) is 12.5 Å². The van der Waals surface area contributed by atoms with Gasteiger partial charge in [0.15, 0.2) is 6.61 Å². The van der Waals surface area contributed by atoms with Gasteiger partial charge in [-0.2, -0.15) is 0 Å². The van der Waals surface area contributed by atoms with Crippen molar-refractivity contribution < 1.29 is 9.53 Å². The van der Waals surface area contributed by atoms with Crippen molar-refractivity contribution >= 4 is 50.7 Å². The fourth-order valence-electron chi connectivity index (χ4n) is 1.93. The van der Waals surface area contributed by atoms with Crippen LogP contribution in [0, 0.1) is 13.8 Å². The standard InChI is InChI=1S/C16H14BrCl2NO2/c1-9-6-12(3-4-13(9)17)20-15(21)8-22-16-10(2)5-11(18)7-14(16)19/h3-7H,8H2,1-2H3,(H,20,21). The molecule has 0 aliphatic rings. The Kier molecular flexibility index (Phi) is 5.73. The van der Waals surface area contributed by atoms with E-state index in [0.717, 1.165) is 15.6 Å². The number of amides is 1. The summed E-state index contributed by atoms with van der Waals surface area (Å²) in [6.07, 6.45) is 0. The molecule has 0 saturated heterocycles. The van der Waals surface area contributed by atoms with Crippen LogP contribution in [0.4, 0.5) is 5.69 Å². The van der Waals surface area contributed by atoms with Crippen molar-refractivity contribution in [2.45, 2.75) is 13.8 Å². The number of benzene rings is 2. The van der Waals surface area contributed by atoms with Gasteiger partial charge in [-0.3, -0.25) is 4.79 Å². The lowest BCUT2D eigenvalue weighted by atomic mass is 10.2. The monoisotopic (exact) mass is 401 g/mol. The Labute approximate surface area is 147 Å². The molecule has 2 aromatic rings. The fraction of sp³-hybridized carbons (Fsp3) is 0.188. The Bertz CT molecular complexity index is 696. The van der Waals surface area contributed by atoms with E-state index in [2.05, 4.69) is 21.2 Å². The Balaban J connectivity index is 2.00. The highest BCUT2D eigenvalue weighted by atomic mass is 79.9. The van der Waals surface area contributed by atoms with Crippen LogP contribution >= 0.6 is 39.1 Å². The first kappa shape index (κ1) is 17.1. The van der Waals surface area contributed by atoms with Crippen molar-refractivity contribution in [3.8, 4) is 5.75 Å². The molecule has 0 radical (unpaired) electrons. The molecule has 0 unspecified atom stereocenters. The average molecular weight is 403 g/mol. The molecule has 0 bridgehead atoms. The van der Waals surface area contributed by atoms with Gasteiger partial charge in [-0.25, -0.2) is 0 Å². The highest BCUT2D eigenvalue weighted by Crippen LogP contribution is 2.31. The zero-order valence-electron chi connectivity index (χ0n) is 12.0. The Morgan fingerprint density at radius 2 is 1.91 bits per heavy atom. The van der Waals surface area contributed by atoms with Gasteiger partial charge in [0.25, 0.3) is 5.91 Å². The third-order valence-electron chi connectivity index (χ3n) is 2.98. The summed E-state index contributed by atoms with van der Waals surface area (Å²) in [7, 11) is 0. The average Bonchev–Trinajstić information content (AvgIpc) is 2.41. The molecule has 6 heteroatoms. The van der Waals surface area contributed by atoms with Gasteiger partial charge in [0, 0.05) is 15.2 Å². The molecule has 2 rings (SSSR count). The first-order valence-electron chi connectivity index (χ1n) is 6.51. The molecule has 22 heavy (non-hydrogen) atoms. The van der Waals surface area contributed by atoms with Crippen molar-refractivity contribution in [3.05, 3.63) is 56.0 Å². The largest absolute Gasteiger partial charge is 0.482 e. The maximum Gasteiger partial charge on any atom is 0.262 e. The van der Waals surface area contributed by atoms with Gasteiger partial charge in [-0.1, -0.05) is 39.1 Å². The molecule has 0 aromatic heterocycles. The number of rotatable bonds is 4. The van der Waals surface area contributed by atoms with E-state index >= 15 is 0 Å². The summed E-state index contributed by atoms with van der Waals surface area (Å²) in [5, 5.41) is 3.70. The van der Waals surface area contributed by atoms with Crippen molar-refractivity contribution in [3.63, 3.8) is 0 Å². The van der Waals surface area contributed by atoms with Crippen molar-refractivity contribution in [1.29, 1.82) is 0 Å². The van der Waals surface area contributed by atoms with Gasteiger partial charge in [-0.15, -0.1) is 0 Å². The molecule has 1 amide bonds. The summed E-state index contributed by atoms with van der Waals surface area (Å²) >= 11 is 15.4. The predicted molar refractivity (Wildman–Crippen MR) is 94.2 cm³/mol. The van der Waals surface area contributed by atoms with Gasteiger partial charge in [-0.05, 0) is 55.3 Å². The van der Waals surface area contributed by atoms with Gasteiger partial charge in [0.05, 0.1) is 5.02 Å². The van der Waals surface area contributed by atoms with Crippen molar-refractivity contribution in [1.82, 2.24) is 0 Å². The number of anilines is 1. The molecule has 0 spiro atoms. The number of hydrogen-bond acceptors (Lipinski definition) is 2. The van der Waals surface area contributed by atoms with Crippen molar-refractivity contribution in [2.75, 3.05) is 11.9 Å². The SMILES string of the molecule is Cc1cc(NC(=O)COc2c(C)cc(Cl)cc2Cl)ccc1Br. The second kappa shape index (κ2) is 7.36. The van der Waals surface area contributed by atoms with Crippen molar-refractivity contribution in [2.24, 2.45) is 0 Å². The second-order valence-corrected chi connectivity index (χ2v) is 6.53. The van der Waals surface area contributed by atoms with Crippen LogP contribution in [-0.2, 0) is 4.79 Å². The smallest absolute Gasteiger partial charge is 0.262 e. The third-order valence-corrected chi connectivity index (χ3v) is 4.37. The van der Waals surface area contributed by atoms with Crippen LogP contribution in [0.5, 0.6) is 5.75 Å². The fourth-order valence-corrected chi connectivity index (χ4v) is 2.83. The Morgan fingerprint density at radius 1 is 1.18 bits per heavy atom. The van der Waals surface area contributed by atoms with E-state index in [1.165, 1.54) is 0 Å². The lowest BCUT2D eigenvalue weighted by Gasteiger charge is -2.12. The summed E-state index contributed by atoms with van der Waals surface area (Å²) in [5.74, 6) is 0.209. The van der Waals surface area contributed by atoms with Crippen LogP contribution in [0.15, 0.2) is 34.8 Å². The molecule has 0 heterocycles. The van der Waals surface area contributed by atoms with Crippen LogP contribution in [0.2, 0.25) is 10.0 Å². The number of ether oxygens (including phenoxy) is 1. The summed E-state index contributed by atoms with van der Waals surface area (Å²) in [6.45, 7) is 3.65. The van der Waals surface area contributed by atoms with Gasteiger partial charge in [0.2, 0.25) is 0 Å². The molecule has 116 valence electrons. The topological polar surface area (TPSA) is 38.3 Å². The number of nitrogens with one attached hydrogen (secondary N) is 1. The van der Waals surface area contributed by atoms with E-state index in [1.807, 2.05) is 32.0 Å². The Hall–Kier alpha value is -1.23. The Morgan fingerprint density at radius 3 is 2.55 bits per heavy atom. The van der Waals surface area contributed by atoms with Gasteiger partial charge in [0.1, 0.15) is 5.75 Å². The molecule has 0 aliphatic carbocycles. The van der Waals surface area contributed by atoms with Crippen LogP contribution in [0.1, 0.15) is 11.1 Å². The minimum absolute atomic E-state index is 0.128. The van der Waals surface area contributed by atoms with Gasteiger partial charge < -0.3 is 10.1 Å². The molecule has 1 N–H and O–H groups in total. The number of carbonyl (C=O) groups excluding carboxylic acids is 1. The highest BCUT2D eigenvalue weighted by Gasteiger charge is 2.10. The van der Waals surface area contributed by atoms with E-state index in [9.17, 15) is 4.79 Å². The molecule has 0 aliphatic heterocycles. The zero-order valence-corrected chi connectivity index (χ0v) is 15.1. The summed E-state index contributed by atoms with van der Waals surface area (Å²) in [5.41, 5.74) is 2.54. The molecular formula is C16H14BrCl2NO2. The maximum atomic E-state index is 12.0. The van der Waals surface area contributed by atoms with Gasteiger partial charge >= 0.3 is 0 Å². The van der Waals surface area contributed by atoms with E-state index < -0.39 is 0 Å². The highest BCUT2D eigenvalue weighted by molar-refractivity contribution is 9.10. The third kappa shape index (κ3) is 4.38. The first-order valence-corrected chi connectivity index (χ1v) is 8.06. The normalized spacial score (nSPS) is 10.4. The number of hydrogen-bond donors (Lipinski definition) is 1.